The highest BCUT2D eigenvalue weighted by Gasteiger charge is 2.35. The zero-order valence-corrected chi connectivity index (χ0v) is 13.7. The second-order valence-corrected chi connectivity index (χ2v) is 6.29. The van der Waals surface area contributed by atoms with E-state index in [1.807, 2.05) is 31.2 Å². The van der Waals surface area contributed by atoms with Crippen molar-refractivity contribution in [3.8, 4) is 0 Å². The number of para-hydroxylation sites is 1. The summed E-state index contributed by atoms with van der Waals surface area (Å²) < 4.78 is 0. The zero-order chi connectivity index (χ0) is 16.1. The normalized spacial score (nSPS) is 18.1. The number of benzene rings is 1. The average molecular weight is 304 g/mol. The second kappa shape index (κ2) is 7.40. The van der Waals surface area contributed by atoms with E-state index in [4.69, 9.17) is 0 Å². The SMILES string of the molecule is Cc1ccccc1N1C[C@@H](C(=O)NCCC[NH+](C)C)CC1=O. The monoisotopic (exact) mass is 304 g/mol. The van der Waals surface area contributed by atoms with Gasteiger partial charge in [0.25, 0.3) is 0 Å². The van der Waals surface area contributed by atoms with Crippen LogP contribution >= 0.6 is 0 Å². The van der Waals surface area contributed by atoms with Crippen molar-refractivity contribution in [3.63, 3.8) is 0 Å². The van der Waals surface area contributed by atoms with E-state index in [0.29, 0.717) is 19.5 Å². The molecule has 1 aliphatic rings. The first-order chi connectivity index (χ1) is 10.5. The second-order valence-electron chi connectivity index (χ2n) is 6.29. The number of nitrogens with zero attached hydrogens (tertiary/aromatic N) is 1. The number of hydrogen-bond donors (Lipinski definition) is 2. The molecule has 0 aromatic heterocycles. The van der Waals surface area contributed by atoms with Gasteiger partial charge < -0.3 is 15.1 Å². The third-order valence-corrected chi connectivity index (χ3v) is 4.05. The van der Waals surface area contributed by atoms with E-state index in [1.165, 1.54) is 4.90 Å². The van der Waals surface area contributed by atoms with Crippen molar-refractivity contribution < 1.29 is 14.5 Å². The summed E-state index contributed by atoms with van der Waals surface area (Å²) in [6, 6.07) is 7.80. The summed E-state index contributed by atoms with van der Waals surface area (Å²) in [5.74, 6) is -0.204. The Morgan fingerprint density at radius 3 is 2.77 bits per heavy atom. The van der Waals surface area contributed by atoms with Crippen LogP contribution in [0.25, 0.3) is 0 Å². The Balaban J connectivity index is 1.89. The fourth-order valence-corrected chi connectivity index (χ4v) is 2.78. The summed E-state index contributed by atoms with van der Waals surface area (Å²) in [5, 5.41) is 2.96. The number of nitrogens with one attached hydrogen (secondary N) is 2. The summed E-state index contributed by atoms with van der Waals surface area (Å²) >= 11 is 0. The smallest absolute Gasteiger partial charge is 0.227 e. The highest BCUT2D eigenvalue weighted by atomic mass is 16.2. The summed E-state index contributed by atoms with van der Waals surface area (Å²) in [7, 11) is 4.19. The molecule has 0 spiro atoms. The quantitative estimate of drug-likeness (QED) is 0.727. The molecule has 0 radical (unpaired) electrons. The molecule has 22 heavy (non-hydrogen) atoms. The molecule has 0 saturated carbocycles. The Hall–Kier alpha value is -1.88. The minimum atomic E-state index is -0.237. The van der Waals surface area contributed by atoms with Gasteiger partial charge in [-0.15, -0.1) is 0 Å². The van der Waals surface area contributed by atoms with Crippen molar-refractivity contribution in [1.82, 2.24) is 5.32 Å². The van der Waals surface area contributed by atoms with Crippen LogP contribution < -0.4 is 15.1 Å². The molecule has 1 aromatic rings. The fraction of sp³-hybridized carbons (Fsp3) is 0.529. The van der Waals surface area contributed by atoms with E-state index in [2.05, 4.69) is 19.4 Å². The van der Waals surface area contributed by atoms with Crippen LogP contribution in [0.3, 0.4) is 0 Å². The number of carbonyl (C=O) groups is 2. The fourth-order valence-electron chi connectivity index (χ4n) is 2.78. The van der Waals surface area contributed by atoms with E-state index >= 15 is 0 Å². The Labute approximate surface area is 132 Å². The lowest BCUT2D eigenvalue weighted by Gasteiger charge is -2.19. The maximum Gasteiger partial charge on any atom is 0.227 e. The van der Waals surface area contributed by atoms with Crippen LogP contribution in [0.2, 0.25) is 0 Å². The molecule has 0 unspecified atom stereocenters. The summed E-state index contributed by atoms with van der Waals surface area (Å²) in [4.78, 5) is 27.5. The molecule has 0 bridgehead atoms. The van der Waals surface area contributed by atoms with Gasteiger partial charge in [-0.2, -0.15) is 0 Å². The highest BCUT2D eigenvalue weighted by molar-refractivity contribution is 6.00. The predicted molar refractivity (Wildman–Crippen MR) is 86.9 cm³/mol. The molecule has 2 amide bonds. The maximum absolute atomic E-state index is 12.2. The van der Waals surface area contributed by atoms with Crippen LogP contribution in [0.5, 0.6) is 0 Å². The number of rotatable bonds is 6. The third-order valence-electron chi connectivity index (χ3n) is 4.05. The van der Waals surface area contributed by atoms with Crippen molar-refractivity contribution in [2.75, 3.05) is 38.6 Å². The van der Waals surface area contributed by atoms with Crippen molar-refractivity contribution in [1.29, 1.82) is 0 Å². The summed E-state index contributed by atoms with van der Waals surface area (Å²) in [5.41, 5.74) is 1.98. The lowest BCUT2D eigenvalue weighted by atomic mass is 10.1. The van der Waals surface area contributed by atoms with Gasteiger partial charge in [0.1, 0.15) is 0 Å². The topological polar surface area (TPSA) is 53.9 Å². The van der Waals surface area contributed by atoms with E-state index in [0.717, 1.165) is 24.2 Å². The zero-order valence-electron chi connectivity index (χ0n) is 13.7. The van der Waals surface area contributed by atoms with Crippen molar-refractivity contribution in [2.45, 2.75) is 19.8 Å². The van der Waals surface area contributed by atoms with Crippen LogP contribution in [-0.4, -0.2) is 45.5 Å². The van der Waals surface area contributed by atoms with E-state index in [1.54, 1.807) is 4.90 Å². The largest absolute Gasteiger partial charge is 0.356 e. The molecular weight excluding hydrogens is 278 g/mol. The molecule has 5 nitrogen and oxygen atoms in total. The first-order valence-corrected chi connectivity index (χ1v) is 7.91. The van der Waals surface area contributed by atoms with Gasteiger partial charge in [-0.3, -0.25) is 9.59 Å². The van der Waals surface area contributed by atoms with Crippen molar-refractivity contribution in [2.24, 2.45) is 5.92 Å². The van der Waals surface area contributed by atoms with E-state index in [-0.39, 0.29) is 17.7 Å². The van der Waals surface area contributed by atoms with Gasteiger partial charge in [-0.1, -0.05) is 18.2 Å². The summed E-state index contributed by atoms with van der Waals surface area (Å²) in [6.45, 7) is 4.17. The molecule has 1 aliphatic heterocycles. The standard InChI is InChI=1S/C17H25N3O2/c1-13-7-4-5-8-15(13)20-12-14(11-16(20)21)17(22)18-9-6-10-19(2)3/h4-5,7-8,14H,6,9-12H2,1-3H3,(H,18,22)/p+1/t14-/m0/s1. The van der Waals surface area contributed by atoms with Gasteiger partial charge in [0.15, 0.2) is 0 Å². The molecular formula is C17H26N3O2+. The van der Waals surface area contributed by atoms with Crippen LogP contribution in [0.15, 0.2) is 24.3 Å². The molecule has 2 rings (SSSR count). The molecule has 120 valence electrons. The van der Waals surface area contributed by atoms with Gasteiger partial charge in [-0.05, 0) is 18.6 Å². The van der Waals surface area contributed by atoms with Crippen LogP contribution in [-0.2, 0) is 9.59 Å². The molecule has 2 N–H and O–H groups in total. The minimum absolute atomic E-state index is 0.00168. The van der Waals surface area contributed by atoms with Crippen LogP contribution in [0.4, 0.5) is 5.69 Å². The molecule has 0 aliphatic carbocycles. The molecule has 1 aromatic carbocycles. The van der Waals surface area contributed by atoms with Gasteiger partial charge >= 0.3 is 0 Å². The predicted octanol–water partition coefficient (Wildman–Crippen LogP) is -0.00128. The highest BCUT2D eigenvalue weighted by Crippen LogP contribution is 2.27. The Bertz CT molecular complexity index is 542. The first kappa shape index (κ1) is 16.5. The number of hydrogen-bond acceptors (Lipinski definition) is 2. The molecule has 1 saturated heterocycles. The van der Waals surface area contributed by atoms with Gasteiger partial charge in [0, 0.05) is 31.6 Å². The number of amides is 2. The third kappa shape index (κ3) is 4.07. The van der Waals surface area contributed by atoms with Crippen molar-refractivity contribution in [3.05, 3.63) is 29.8 Å². The lowest BCUT2D eigenvalue weighted by molar-refractivity contribution is -0.858. The molecule has 5 heteroatoms. The maximum atomic E-state index is 12.2. The van der Waals surface area contributed by atoms with Gasteiger partial charge in [0.05, 0.1) is 26.6 Å². The number of anilines is 1. The number of aryl methyl sites for hydroxylation is 1. The van der Waals surface area contributed by atoms with E-state index in [9.17, 15) is 9.59 Å². The Kier molecular flexibility index (Phi) is 5.55. The lowest BCUT2D eigenvalue weighted by Crippen LogP contribution is -3.05. The molecule has 1 atom stereocenters. The van der Waals surface area contributed by atoms with Crippen LogP contribution in [0, 0.1) is 12.8 Å². The number of carbonyl (C=O) groups excluding carboxylic acids is 2. The Morgan fingerprint density at radius 2 is 2.09 bits per heavy atom. The Morgan fingerprint density at radius 1 is 1.36 bits per heavy atom. The van der Waals surface area contributed by atoms with Gasteiger partial charge in [0.2, 0.25) is 11.8 Å². The van der Waals surface area contributed by atoms with E-state index < -0.39 is 0 Å². The first-order valence-electron chi connectivity index (χ1n) is 7.91. The summed E-state index contributed by atoms with van der Waals surface area (Å²) in [6.07, 6.45) is 1.26. The van der Waals surface area contributed by atoms with Gasteiger partial charge in [-0.25, -0.2) is 0 Å². The van der Waals surface area contributed by atoms with Crippen LogP contribution in [0.1, 0.15) is 18.4 Å². The van der Waals surface area contributed by atoms with Crippen molar-refractivity contribution >= 4 is 17.5 Å². The minimum Gasteiger partial charge on any atom is -0.356 e. The number of quaternary nitrogens is 1. The molecule has 1 heterocycles. The average Bonchev–Trinajstić information content (AvgIpc) is 2.86. The molecule has 1 fully saturated rings.